The first-order valence-electron chi connectivity index (χ1n) is 11.9. The fourth-order valence-electron chi connectivity index (χ4n) is 5.13. The van der Waals surface area contributed by atoms with Crippen LogP contribution in [0.3, 0.4) is 0 Å². The van der Waals surface area contributed by atoms with E-state index < -0.39 is 45.7 Å². The summed E-state index contributed by atoms with van der Waals surface area (Å²) in [6, 6.07) is 12.4. The number of benzene rings is 3. The van der Waals surface area contributed by atoms with E-state index in [1.54, 1.807) is 31.3 Å². The highest BCUT2D eigenvalue weighted by Crippen LogP contribution is 2.53. The van der Waals surface area contributed by atoms with Crippen LogP contribution in [0.25, 0.3) is 0 Å². The van der Waals surface area contributed by atoms with Crippen LogP contribution in [0.4, 0.5) is 14.5 Å². The fourth-order valence-corrected chi connectivity index (χ4v) is 6.03. The van der Waals surface area contributed by atoms with Crippen molar-refractivity contribution in [1.82, 2.24) is 25.4 Å². The van der Waals surface area contributed by atoms with E-state index in [1.165, 1.54) is 41.3 Å². The lowest BCUT2D eigenvalue weighted by Gasteiger charge is -2.46. The number of nitrogens with one attached hydrogen (secondary N) is 2. The zero-order valence-electron chi connectivity index (χ0n) is 20.7. The number of hydrogen-bond donors (Lipinski definition) is 2. The predicted octanol–water partition coefficient (Wildman–Crippen LogP) is 3.67. The van der Waals surface area contributed by atoms with Gasteiger partial charge in [0.25, 0.3) is 5.91 Å². The summed E-state index contributed by atoms with van der Waals surface area (Å²) in [4.78, 5) is 17.4. The summed E-state index contributed by atoms with van der Waals surface area (Å²) in [6.07, 6.45) is 1.34. The highest BCUT2D eigenvalue weighted by atomic mass is 32.2. The van der Waals surface area contributed by atoms with Crippen molar-refractivity contribution in [2.45, 2.75) is 29.8 Å². The SMILES string of the molecule is Cc1ccc(S(=O)(=O)ON2NC(=O)c3cc(F)cc4c3C2[C@H](c2ncnn2C)[C@@H](c2ccc(F)cc2)N4)cc1. The van der Waals surface area contributed by atoms with Crippen LogP contribution in [0.15, 0.2) is 71.9 Å². The van der Waals surface area contributed by atoms with Gasteiger partial charge in [0.05, 0.1) is 28.5 Å². The second-order valence-electron chi connectivity index (χ2n) is 9.41. The van der Waals surface area contributed by atoms with Crippen molar-refractivity contribution < 1.29 is 26.3 Å². The van der Waals surface area contributed by atoms with Gasteiger partial charge in [0.15, 0.2) is 0 Å². The second-order valence-corrected chi connectivity index (χ2v) is 10.9. The topological polar surface area (TPSA) is 118 Å². The summed E-state index contributed by atoms with van der Waals surface area (Å²) in [5.74, 6) is -2.19. The van der Waals surface area contributed by atoms with Crippen molar-refractivity contribution in [3.63, 3.8) is 0 Å². The monoisotopic (exact) mass is 552 g/mol. The van der Waals surface area contributed by atoms with E-state index in [2.05, 4.69) is 20.8 Å². The molecule has 0 saturated heterocycles. The normalized spacial score (nSPS) is 20.7. The van der Waals surface area contributed by atoms with E-state index in [0.717, 1.165) is 16.8 Å². The minimum Gasteiger partial charge on any atom is -0.377 e. The average molecular weight is 553 g/mol. The number of halogens is 2. The molecule has 0 bridgehead atoms. The molecule has 2 aliphatic rings. The number of anilines is 1. The number of hydrogen-bond acceptors (Lipinski definition) is 8. The van der Waals surface area contributed by atoms with Crippen LogP contribution in [0.2, 0.25) is 0 Å². The molecule has 3 atom stereocenters. The van der Waals surface area contributed by atoms with Crippen LogP contribution in [0.1, 0.15) is 50.9 Å². The van der Waals surface area contributed by atoms with Crippen molar-refractivity contribution in [3.05, 3.63) is 107 Å². The van der Waals surface area contributed by atoms with Crippen LogP contribution >= 0.6 is 0 Å². The van der Waals surface area contributed by atoms with E-state index in [4.69, 9.17) is 4.28 Å². The molecule has 200 valence electrons. The van der Waals surface area contributed by atoms with Gasteiger partial charge in [-0.1, -0.05) is 35.0 Å². The zero-order valence-corrected chi connectivity index (χ0v) is 21.5. The average Bonchev–Trinajstić information content (AvgIpc) is 3.32. The third-order valence-electron chi connectivity index (χ3n) is 6.92. The first-order chi connectivity index (χ1) is 18.6. The van der Waals surface area contributed by atoms with E-state index in [9.17, 15) is 22.0 Å². The number of aromatic nitrogens is 3. The van der Waals surface area contributed by atoms with Gasteiger partial charge in [0, 0.05) is 18.3 Å². The van der Waals surface area contributed by atoms with E-state index in [0.29, 0.717) is 17.0 Å². The van der Waals surface area contributed by atoms with Gasteiger partial charge in [-0.05, 0) is 48.9 Å². The molecule has 6 rings (SSSR count). The predicted molar refractivity (Wildman–Crippen MR) is 134 cm³/mol. The molecule has 1 unspecified atom stereocenters. The molecule has 1 amide bonds. The van der Waals surface area contributed by atoms with E-state index >= 15 is 0 Å². The molecular weight excluding hydrogens is 530 g/mol. The Hall–Kier alpha value is -4.20. The Labute approximate surface area is 222 Å². The molecule has 2 aliphatic heterocycles. The van der Waals surface area contributed by atoms with Crippen LogP contribution in [0, 0.1) is 18.6 Å². The number of carbonyl (C=O) groups excluding carboxylic acids is 1. The smallest absolute Gasteiger partial charge is 0.314 e. The fraction of sp³-hybridized carbons (Fsp3) is 0.192. The van der Waals surface area contributed by atoms with E-state index in [1.807, 2.05) is 6.92 Å². The number of carbonyl (C=O) groups is 1. The lowest BCUT2D eigenvalue weighted by Crippen LogP contribution is -2.54. The molecule has 0 spiro atoms. The third kappa shape index (κ3) is 4.33. The lowest BCUT2D eigenvalue weighted by atomic mass is 9.76. The quantitative estimate of drug-likeness (QED) is 0.385. The molecule has 0 aliphatic carbocycles. The van der Waals surface area contributed by atoms with Gasteiger partial charge in [-0.3, -0.25) is 14.9 Å². The van der Waals surface area contributed by atoms with Crippen molar-refractivity contribution in [2.24, 2.45) is 7.05 Å². The van der Waals surface area contributed by atoms with Gasteiger partial charge in [-0.2, -0.15) is 17.8 Å². The molecule has 13 heteroatoms. The summed E-state index contributed by atoms with van der Waals surface area (Å²) in [5, 5.41) is 8.31. The Morgan fingerprint density at radius 3 is 2.38 bits per heavy atom. The number of nitrogens with zero attached hydrogens (tertiary/aromatic N) is 4. The summed E-state index contributed by atoms with van der Waals surface area (Å²) in [5.41, 5.74) is 4.53. The van der Waals surface area contributed by atoms with Crippen LogP contribution < -0.4 is 10.7 Å². The maximum Gasteiger partial charge on any atom is 0.314 e. The van der Waals surface area contributed by atoms with Crippen molar-refractivity contribution in [1.29, 1.82) is 0 Å². The van der Waals surface area contributed by atoms with Gasteiger partial charge in [-0.25, -0.2) is 13.8 Å². The second kappa shape index (κ2) is 9.22. The van der Waals surface area contributed by atoms with Crippen LogP contribution in [0.5, 0.6) is 0 Å². The molecule has 0 fully saturated rings. The van der Waals surface area contributed by atoms with Crippen molar-refractivity contribution in [2.75, 3.05) is 5.32 Å². The Morgan fingerprint density at radius 2 is 1.72 bits per heavy atom. The summed E-state index contributed by atoms with van der Waals surface area (Å²) in [7, 11) is -2.74. The van der Waals surface area contributed by atoms with Gasteiger partial charge >= 0.3 is 10.1 Å². The Kier molecular flexibility index (Phi) is 5.93. The standard InChI is InChI=1S/C26H22F2N6O4S/c1-14-3-9-18(10-4-14)39(36,37)38-34-24-21-19(26(35)32-34)11-17(28)12-20(21)31-23(15-5-7-16(27)8-6-15)22(24)25-29-13-30-33(25)2/h3-13,22-24,31H,1-2H3,(H,32,35)/t22-,23-,24?/m1/s1. The molecular formula is C26H22F2N6O4S. The Balaban J connectivity index is 1.55. The largest absolute Gasteiger partial charge is 0.377 e. The lowest BCUT2D eigenvalue weighted by molar-refractivity contribution is -0.140. The Bertz CT molecular complexity index is 1690. The maximum absolute atomic E-state index is 14.7. The van der Waals surface area contributed by atoms with Gasteiger partial charge in [0.2, 0.25) is 0 Å². The molecule has 10 nitrogen and oxygen atoms in total. The molecule has 39 heavy (non-hydrogen) atoms. The number of rotatable bonds is 5. The molecule has 0 saturated carbocycles. The van der Waals surface area contributed by atoms with Crippen molar-refractivity contribution in [3.8, 4) is 0 Å². The molecule has 2 N–H and O–H groups in total. The molecule has 1 aromatic heterocycles. The molecule has 4 aromatic rings. The minimum absolute atomic E-state index is 0.0137. The van der Waals surface area contributed by atoms with E-state index in [-0.39, 0.29) is 16.1 Å². The highest BCUT2D eigenvalue weighted by Gasteiger charge is 2.50. The minimum atomic E-state index is -4.41. The molecule has 3 heterocycles. The number of hydroxylamine groups is 1. The van der Waals surface area contributed by atoms with Gasteiger partial charge in [0.1, 0.15) is 23.8 Å². The first-order valence-corrected chi connectivity index (χ1v) is 13.3. The van der Waals surface area contributed by atoms with Gasteiger partial charge in [-0.15, -0.1) is 0 Å². The zero-order chi connectivity index (χ0) is 27.5. The highest BCUT2D eigenvalue weighted by molar-refractivity contribution is 7.86. The van der Waals surface area contributed by atoms with Crippen LogP contribution in [-0.2, 0) is 21.4 Å². The molecule has 3 aromatic carbocycles. The summed E-state index contributed by atoms with van der Waals surface area (Å²) in [6.45, 7) is 1.82. The first kappa shape index (κ1) is 25.1. The molecule has 0 radical (unpaired) electrons. The van der Waals surface area contributed by atoms with Crippen molar-refractivity contribution >= 4 is 21.7 Å². The summed E-state index contributed by atoms with van der Waals surface area (Å²) < 4.78 is 62.2. The summed E-state index contributed by atoms with van der Waals surface area (Å²) >= 11 is 0. The maximum atomic E-state index is 14.7. The number of amides is 1. The third-order valence-corrected chi connectivity index (χ3v) is 8.13. The van der Waals surface area contributed by atoms with Crippen LogP contribution in [-0.4, -0.2) is 34.3 Å². The number of hydrazine groups is 1. The Morgan fingerprint density at radius 1 is 1.00 bits per heavy atom. The van der Waals surface area contributed by atoms with Gasteiger partial charge < -0.3 is 5.32 Å². The number of aryl methyl sites for hydroxylation is 2.